The van der Waals surface area contributed by atoms with E-state index >= 15 is 0 Å². The van der Waals surface area contributed by atoms with Crippen LogP contribution in [0.5, 0.6) is 0 Å². The average molecular weight is 303 g/mol. The second kappa shape index (κ2) is 5.61. The minimum atomic E-state index is -0.852. The largest absolute Gasteiger partial charge is 0.320 e. The number of amides is 1. The molecule has 2 aromatic rings. The lowest BCUT2D eigenvalue weighted by Crippen LogP contribution is -2.28. The molecule has 7 heteroatoms. The zero-order chi connectivity index (χ0) is 15.7. The van der Waals surface area contributed by atoms with Crippen LogP contribution in [0.1, 0.15) is 17.2 Å². The molecule has 1 atom stereocenters. The Labute approximate surface area is 124 Å². The maximum absolute atomic E-state index is 13.6. The fraction of sp³-hybridized carbons (Fsp3) is 0.133. The minimum absolute atomic E-state index is 0.192. The molecule has 112 valence electrons. The summed E-state index contributed by atoms with van der Waals surface area (Å²) in [6.45, 7) is 0.423. The van der Waals surface area contributed by atoms with Crippen molar-refractivity contribution in [2.45, 2.75) is 12.6 Å². The van der Waals surface area contributed by atoms with Crippen molar-refractivity contribution in [3.63, 3.8) is 0 Å². The fourth-order valence-electron chi connectivity index (χ4n) is 2.44. The van der Waals surface area contributed by atoms with Gasteiger partial charge < -0.3 is 5.32 Å². The molecule has 1 aliphatic rings. The monoisotopic (exact) mass is 303 g/mol. The Bertz CT molecular complexity index is 744. The van der Waals surface area contributed by atoms with Gasteiger partial charge in [0.15, 0.2) is 0 Å². The number of nitroso groups, excluding NO2 is 1. The molecule has 0 aromatic heterocycles. The first-order valence-corrected chi connectivity index (χ1v) is 6.54. The van der Waals surface area contributed by atoms with Crippen molar-refractivity contribution in [2.75, 3.05) is 5.32 Å². The zero-order valence-corrected chi connectivity index (χ0v) is 11.3. The number of hydrogen-bond acceptors (Lipinski definition) is 4. The van der Waals surface area contributed by atoms with Crippen LogP contribution >= 0.6 is 0 Å². The maximum Gasteiger partial charge on any atom is 0.246 e. The van der Waals surface area contributed by atoms with E-state index in [1.807, 2.05) is 0 Å². The molecule has 3 rings (SSSR count). The lowest BCUT2D eigenvalue weighted by atomic mass is 10.0. The van der Waals surface area contributed by atoms with Crippen LogP contribution in [0.25, 0.3) is 0 Å². The van der Waals surface area contributed by atoms with Crippen LogP contribution in [0.2, 0.25) is 0 Å². The highest BCUT2D eigenvalue weighted by Gasteiger charge is 2.29. The minimum Gasteiger partial charge on any atom is -0.320 e. The number of fused-ring (bicyclic) bond motifs is 1. The fourth-order valence-corrected chi connectivity index (χ4v) is 2.44. The van der Waals surface area contributed by atoms with E-state index in [2.05, 4.69) is 15.8 Å². The van der Waals surface area contributed by atoms with Gasteiger partial charge in [0.1, 0.15) is 29.1 Å². The molecule has 1 amide bonds. The predicted octanol–water partition coefficient (Wildman–Crippen LogP) is 3.15. The van der Waals surface area contributed by atoms with E-state index in [1.54, 1.807) is 12.1 Å². The number of rotatable bonds is 3. The first-order valence-electron chi connectivity index (χ1n) is 6.54. The van der Waals surface area contributed by atoms with Crippen molar-refractivity contribution in [3.8, 4) is 0 Å². The molecule has 0 spiro atoms. The van der Waals surface area contributed by atoms with Gasteiger partial charge in [0.05, 0.1) is 0 Å². The first-order chi connectivity index (χ1) is 10.6. The lowest BCUT2D eigenvalue weighted by molar-refractivity contribution is -0.118. The van der Waals surface area contributed by atoms with Crippen molar-refractivity contribution in [2.24, 2.45) is 5.18 Å². The van der Waals surface area contributed by atoms with Gasteiger partial charge in [0.2, 0.25) is 5.91 Å². The molecule has 0 fully saturated rings. The summed E-state index contributed by atoms with van der Waals surface area (Å²) in [6, 6.07) is 7.26. The number of para-hydroxylation sites is 1. The van der Waals surface area contributed by atoms with Crippen LogP contribution < -0.4 is 10.6 Å². The molecule has 0 bridgehead atoms. The van der Waals surface area contributed by atoms with Crippen LogP contribution in [-0.2, 0) is 11.3 Å². The summed E-state index contributed by atoms with van der Waals surface area (Å²) >= 11 is 0. The van der Waals surface area contributed by atoms with Crippen LogP contribution in [0.3, 0.4) is 0 Å². The standard InChI is InChI=1S/C15H11F2N3O2/c16-11-2-1-3-12(17)14(11)19-15(21)13-10-6-9(20-22)5-4-8(10)7-18-13/h1-6,13,18H,7H2,(H,19,21)/t13-/m0/s1. The number of carbonyl (C=O) groups is 1. The van der Waals surface area contributed by atoms with Gasteiger partial charge >= 0.3 is 0 Å². The molecule has 0 unspecified atom stereocenters. The van der Waals surface area contributed by atoms with E-state index < -0.39 is 29.3 Å². The van der Waals surface area contributed by atoms with Crippen LogP contribution in [0.15, 0.2) is 41.6 Å². The van der Waals surface area contributed by atoms with E-state index in [0.717, 1.165) is 17.7 Å². The summed E-state index contributed by atoms with van der Waals surface area (Å²) in [5, 5.41) is 7.99. The second-order valence-corrected chi connectivity index (χ2v) is 4.87. The molecule has 0 radical (unpaired) electrons. The number of nitrogens with one attached hydrogen (secondary N) is 2. The molecule has 0 saturated heterocycles. The van der Waals surface area contributed by atoms with Crippen LogP contribution in [0.4, 0.5) is 20.2 Å². The van der Waals surface area contributed by atoms with Gasteiger partial charge in [-0.25, -0.2) is 8.78 Å². The van der Waals surface area contributed by atoms with E-state index in [9.17, 15) is 18.5 Å². The van der Waals surface area contributed by atoms with Gasteiger partial charge in [-0.2, -0.15) is 0 Å². The van der Waals surface area contributed by atoms with Crippen molar-refractivity contribution < 1.29 is 13.6 Å². The van der Waals surface area contributed by atoms with Gasteiger partial charge in [-0.15, -0.1) is 4.91 Å². The predicted molar refractivity (Wildman–Crippen MR) is 76.5 cm³/mol. The summed E-state index contributed by atoms with van der Waals surface area (Å²) in [4.78, 5) is 22.9. The molecule has 22 heavy (non-hydrogen) atoms. The molecule has 2 N–H and O–H groups in total. The molecular weight excluding hydrogens is 292 g/mol. The van der Waals surface area contributed by atoms with Crippen molar-refractivity contribution in [1.29, 1.82) is 0 Å². The molecule has 0 saturated carbocycles. The van der Waals surface area contributed by atoms with E-state index in [0.29, 0.717) is 12.1 Å². The Kier molecular flexibility index (Phi) is 3.64. The van der Waals surface area contributed by atoms with Crippen LogP contribution in [0, 0.1) is 16.5 Å². The highest BCUT2D eigenvalue weighted by molar-refractivity contribution is 5.96. The third-order valence-corrected chi connectivity index (χ3v) is 3.52. The van der Waals surface area contributed by atoms with E-state index in [1.165, 1.54) is 12.1 Å². The van der Waals surface area contributed by atoms with Gasteiger partial charge in [-0.05, 0) is 40.6 Å². The molecule has 2 aromatic carbocycles. The Hall–Kier alpha value is -2.67. The maximum atomic E-state index is 13.6. The number of carbonyl (C=O) groups excluding carboxylic acids is 1. The van der Waals surface area contributed by atoms with Crippen molar-refractivity contribution in [3.05, 3.63) is 64.1 Å². The molecule has 1 heterocycles. The Morgan fingerprint density at radius 3 is 2.64 bits per heavy atom. The van der Waals surface area contributed by atoms with E-state index in [4.69, 9.17) is 0 Å². The molecule has 0 aliphatic carbocycles. The summed E-state index contributed by atoms with van der Waals surface area (Å²) in [5.41, 5.74) is 1.11. The number of nitrogens with zero attached hydrogens (tertiary/aromatic N) is 1. The Morgan fingerprint density at radius 1 is 1.23 bits per heavy atom. The number of anilines is 1. The third-order valence-electron chi connectivity index (χ3n) is 3.52. The summed E-state index contributed by atoms with van der Waals surface area (Å²) in [7, 11) is 0. The quantitative estimate of drug-likeness (QED) is 0.856. The number of hydrogen-bond donors (Lipinski definition) is 2. The molecular formula is C15H11F2N3O2. The first kappa shape index (κ1) is 14.3. The van der Waals surface area contributed by atoms with Crippen molar-refractivity contribution >= 4 is 17.3 Å². The topological polar surface area (TPSA) is 70.6 Å². The van der Waals surface area contributed by atoms with Gasteiger partial charge in [0, 0.05) is 6.54 Å². The smallest absolute Gasteiger partial charge is 0.246 e. The normalized spacial score (nSPS) is 16.2. The van der Waals surface area contributed by atoms with Crippen molar-refractivity contribution in [1.82, 2.24) is 5.32 Å². The molecule has 1 aliphatic heterocycles. The third kappa shape index (κ3) is 2.46. The Morgan fingerprint density at radius 2 is 1.95 bits per heavy atom. The number of benzene rings is 2. The number of halogens is 2. The summed E-state index contributed by atoms with van der Waals surface area (Å²) in [5.74, 6) is -2.31. The van der Waals surface area contributed by atoms with Gasteiger partial charge in [-0.3, -0.25) is 10.1 Å². The Balaban J connectivity index is 1.88. The molecule has 5 nitrogen and oxygen atoms in total. The van der Waals surface area contributed by atoms with Gasteiger partial charge in [-0.1, -0.05) is 12.1 Å². The SMILES string of the molecule is O=Nc1ccc2c(c1)[C@@H](C(=O)Nc1c(F)cccc1F)NC2. The highest BCUT2D eigenvalue weighted by Crippen LogP contribution is 2.30. The van der Waals surface area contributed by atoms with E-state index in [-0.39, 0.29) is 5.69 Å². The van der Waals surface area contributed by atoms with Gasteiger partial charge in [0.25, 0.3) is 0 Å². The second-order valence-electron chi connectivity index (χ2n) is 4.87. The average Bonchev–Trinajstić information content (AvgIpc) is 2.94. The summed E-state index contributed by atoms with van der Waals surface area (Å²) in [6.07, 6.45) is 0. The highest BCUT2D eigenvalue weighted by atomic mass is 19.1. The summed E-state index contributed by atoms with van der Waals surface area (Å²) < 4.78 is 27.2. The zero-order valence-electron chi connectivity index (χ0n) is 11.3. The van der Waals surface area contributed by atoms with Crippen LogP contribution in [-0.4, -0.2) is 5.91 Å². The lowest BCUT2D eigenvalue weighted by Gasteiger charge is -2.13.